The van der Waals surface area contributed by atoms with Gasteiger partial charge in [-0.1, -0.05) is 36.3 Å². The summed E-state index contributed by atoms with van der Waals surface area (Å²) in [5.41, 5.74) is 2.39. The molecule has 4 fully saturated rings. The van der Waals surface area contributed by atoms with Gasteiger partial charge < -0.3 is 4.90 Å². The molecule has 4 aliphatic heterocycles. The number of amides is 1. The maximum Gasteiger partial charge on any atom is 0.241 e. The van der Waals surface area contributed by atoms with E-state index >= 15 is 0 Å². The molecule has 7 heteroatoms. The molecule has 0 N–H and O–H groups in total. The largest absolute Gasteiger partial charge is 0.307 e. The first kappa shape index (κ1) is 22.7. The number of carbonyl (C=O) groups is 1. The van der Waals surface area contributed by atoms with Crippen molar-refractivity contribution < 1.29 is 13.2 Å². The Morgan fingerprint density at radius 3 is 2.71 bits per heavy atom. The van der Waals surface area contributed by atoms with Crippen LogP contribution in [0, 0.1) is 11.8 Å². The number of carbonyl (C=O) groups excluding carboxylic acids is 1. The molecule has 1 unspecified atom stereocenters. The molecule has 5 aliphatic rings. The molecule has 1 aromatic rings. The first-order valence-electron chi connectivity index (χ1n) is 13.2. The predicted molar refractivity (Wildman–Crippen MR) is 134 cm³/mol. The predicted octanol–water partition coefficient (Wildman–Crippen LogP) is 3.10. The number of rotatable bonds is 4. The van der Waals surface area contributed by atoms with Crippen LogP contribution < -0.4 is 4.90 Å². The summed E-state index contributed by atoms with van der Waals surface area (Å²) in [5, 5.41) is 0. The van der Waals surface area contributed by atoms with Gasteiger partial charge in [-0.15, -0.1) is 0 Å². The molecule has 1 aliphatic carbocycles. The molecule has 6 rings (SSSR count). The molecule has 0 aromatic heterocycles. The summed E-state index contributed by atoms with van der Waals surface area (Å²) in [6.45, 7) is 3.71. The van der Waals surface area contributed by atoms with Crippen LogP contribution in [-0.2, 0) is 14.6 Å². The number of hydrogen-bond acceptors (Lipinski definition) is 5. The average molecular weight is 484 g/mol. The van der Waals surface area contributed by atoms with Crippen LogP contribution >= 0.6 is 0 Å². The van der Waals surface area contributed by atoms with Gasteiger partial charge in [-0.3, -0.25) is 14.6 Å². The van der Waals surface area contributed by atoms with Gasteiger partial charge in [0.05, 0.1) is 24.1 Å². The second-order valence-electron chi connectivity index (χ2n) is 11.1. The zero-order valence-electron chi connectivity index (χ0n) is 20.0. The van der Waals surface area contributed by atoms with Crippen molar-refractivity contribution >= 4 is 21.4 Å². The Morgan fingerprint density at radius 1 is 1.06 bits per heavy atom. The fourth-order valence-electron chi connectivity index (χ4n) is 7.64. The molecule has 5 atom stereocenters. The van der Waals surface area contributed by atoms with E-state index in [9.17, 15) is 13.2 Å². The average Bonchev–Trinajstić information content (AvgIpc) is 3.19. The van der Waals surface area contributed by atoms with Gasteiger partial charge in [-0.2, -0.15) is 0 Å². The SMILES string of the molecule is O=C(CN1CCCC2=C[C@H]3C[C@@H](CN4CCCC[C@H]34)[C@@H]21)N(c1ccccc1)C1CCS(=O)(=O)C1. The maximum atomic E-state index is 13.8. The van der Waals surface area contributed by atoms with Crippen molar-refractivity contribution in [2.75, 3.05) is 42.6 Å². The van der Waals surface area contributed by atoms with Crippen molar-refractivity contribution in [2.45, 2.75) is 63.1 Å². The van der Waals surface area contributed by atoms with Crippen LogP contribution in [0.2, 0.25) is 0 Å². The summed E-state index contributed by atoms with van der Waals surface area (Å²) in [7, 11) is -3.08. The Morgan fingerprint density at radius 2 is 1.91 bits per heavy atom. The molecule has 0 spiro atoms. The Kier molecular flexibility index (Phi) is 6.06. The minimum absolute atomic E-state index is 0.0448. The third kappa shape index (κ3) is 4.24. The van der Waals surface area contributed by atoms with E-state index in [1.165, 1.54) is 38.6 Å². The molecule has 4 heterocycles. The molecule has 2 bridgehead atoms. The standard InChI is InChI=1S/C27H37N3O3S/c31-26(30(23-8-2-1-3-9-23)24-11-14-34(32,33)19-24)18-29-13-6-7-20-15-21-16-22(27(20)29)17-28-12-5-4-10-25(21)28/h1-3,8-9,15,21-22,24-25,27H,4-7,10-14,16-19H2/t21-,22-,24?,25+,27+/m0/s1. The number of sulfone groups is 1. The van der Waals surface area contributed by atoms with Crippen molar-refractivity contribution in [3.8, 4) is 0 Å². The van der Waals surface area contributed by atoms with E-state index in [2.05, 4.69) is 15.9 Å². The molecule has 4 saturated heterocycles. The highest BCUT2D eigenvalue weighted by molar-refractivity contribution is 7.91. The number of piperidine rings is 3. The molecule has 0 saturated carbocycles. The number of benzene rings is 1. The highest BCUT2D eigenvalue weighted by atomic mass is 32.2. The van der Waals surface area contributed by atoms with Crippen molar-refractivity contribution in [1.29, 1.82) is 0 Å². The smallest absolute Gasteiger partial charge is 0.241 e. The lowest BCUT2D eigenvalue weighted by atomic mass is 9.68. The summed E-state index contributed by atoms with van der Waals surface area (Å²) >= 11 is 0. The topological polar surface area (TPSA) is 60.9 Å². The van der Waals surface area contributed by atoms with E-state index in [0.29, 0.717) is 30.8 Å². The van der Waals surface area contributed by atoms with E-state index in [4.69, 9.17) is 0 Å². The quantitative estimate of drug-likeness (QED) is 0.616. The van der Waals surface area contributed by atoms with Crippen LogP contribution in [0.3, 0.4) is 0 Å². The Hall–Kier alpha value is -1.70. The van der Waals surface area contributed by atoms with Gasteiger partial charge in [0, 0.05) is 24.3 Å². The molecule has 1 aromatic carbocycles. The fraction of sp³-hybridized carbons (Fsp3) is 0.667. The molecular weight excluding hydrogens is 446 g/mol. The Balaban J connectivity index is 1.25. The number of likely N-dealkylation sites (tertiary alicyclic amines) is 1. The van der Waals surface area contributed by atoms with Gasteiger partial charge in [-0.25, -0.2) is 8.42 Å². The summed E-state index contributed by atoms with van der Waals surface area (Å²) in [6.07, 6.45) is 10.7. The van der Waals surface area contributed by atoms with Gasteiger partial charge in [0.15, 0.2) is 9.84 Å². The minimum atomic E-state index is -3.08. The third-order valence-electron chi connectivity index (χ3n) is 8.98. The number of para-hydroxylation sites is 1. The zero-order chi connectivity index (χ0) is 23.3. The van der Waals surface area contributed by atoms with Crippen LogP contribution in [0.15, 0.2) is 42.0 Å². The second kappa shape index (κ2) is 9.07. The van der Waals surface area contributed by atoms with E-state index in [1.54, 1.807) is 10.5 Å². The van der Waals surface area contributed by atoms with Crippen molar-refractivity contribution in [3.05, 3.63) is 42.0 Å². The van der Waals surface area contributed by atoms with E-state index in [0.717, 1.165) is 31.2 Å². The second-order valence-corrected chi connectivity index (χ2v) is 13.4. The Bertz CT molecular complexity index is 1060. The number of hydrogen-bond donors (Lipinski definition) is 0. The van der Waals surface area contributed by atoms with Gasteiger partial charge >= 0.3 is 0 Å². The van der Waals surface area contributed by atoms with Gasteiger partial charge in [0.25, 0.3) is 0 Å². The summed E-state index contributed by atoms with van der Waals surface area (Å²) in [5.74, 6) is 1.58. The van der Waals surface area contributed by atoms with Crippen LogP contribution in [0.25, 0.3) is 0 Å². The molecule has 34 heavy (non-hydrogen) atoms. The molecule has 184 valence electrons. The van der Waals surface area contributed by atoms with Crippen molar-refractivity contribution in [3.63, 3.8) is 0 Å². The molecule has 6 nitrogen and oxygen atoms in total. The fourth-order valence-corrected chi connectivity index (χ4v) is 9.34. The Labute approximate surface area is 203 Å². The first-order chi connectivity index (χ1) is 16.5. The highest BCUT2D eigenvalue weighted by Crippen LogP contribution is 2.45. The van der Waals surface area contributed by atoms with Crippen LogP contribution in [0.1, 0.15) is 44.9 Å². The summed E-state index contributed by atoms with van der Waals surface area (Å²) < 4.78 is 24.5. The zero-order valence-corrected chi connectivity index (χ0v) is 20.8. The van der Waals surface area contributed by atoms with Crippen molar-refractivity contribution in [1.82, 2.24) is 9.80 Å². The van der Waals surface area contributed by atoms with E-state index in [1.807, 2.05) is 30.3 Å². The maximum absolute atomic E-state index is 13.8. The normalized spacial score (nSPS) is 35.2. The third-order valence-corrected chi connectivity index (χ3v) is 10.7. The lowest BCUT2D eigenvalue weighted by molar-refractivity contribution is -0.121. The lowest BCUT2D eigenvalue weighted by Gasteiger charge is -2.54. The highest BCUT2D eigenvalue weighted by Gasteiger charge is 2.46. The summed E-state index contributed by atoms with van der Waals surface area (Å²) in [4.78, 5) is 20.8. The van der Waals surface area contributed by atoms with E-state index < -0.39 is 9.84 Å². The first-order valence-corrected chi connectivity index (χ1v) is 15.1. The summed E-state index contributed by atoms with van der Waals surface area (Å²) in [6, 6.07) is 10.5. The minimum Gasteiger partial charge on any atom is -0.307 e. The number of anilines is 1. The molecule has 0 radical (unpaired) electrons. The lowest BCUT2D eigenvalue weighted by Crippen LogP contribution is -2.60. The van der Waals surface area contributed by atoms with Gasteiger partial charge in [-0.05, 0) is 75.6 Å². The monoisotopic (exact) mass is 483 g/mol. The van der Waals surface area contributed by atoms with Gasteiger partial charge in [0.2, 0.25) is 5.91 Å². The molecular formula is C27H37N3O3S. The van der Waals surface area contributed by atoms with E-state index in [-0.39, 0.29) is 23.5 Å². The van der Waals surface area contributed by atoms with Gasteiger partial charge in [0.1, 0.15) is 0 Å². The van der Waals surface area contributed by atoms with Crippen molar-refractivity contribution in [2.24, 2.45) is 11.8 Å². The number of fused-ring (bicyclic) bond motifs is 6. The van der Waals surface area contributed by atoms with Crippen LogP contribution in [0.4, 0.5) is 5.69 Å². The number of nitrogens with zero attached hydrogens (tertiary/aromatic N) is 3. The molecule has 1 amide bonds. The van der Waals surface area contributed by atoms with Crippen LogP contribution in [0.5, 0.6) is 0 Å². The van der Waals surface area contributed by atoms with Crippen LogP contribution in [-0.4, -0.2) is 79.9 Å².